The summed E-state index contributed by atoms with van der Waals surface area (Å²) in [4.78, 5) is 32.9. The molecule has 0 aromatic rings. The third-order valence-corrected chi connectivity index (χ3v) is 2.86. The lowest BCUT2D eigenvalue weighted by atomic mass is 10.1. The molecule has 0 spiro atoms. The molecule has 0 heterocycles. The first kappa shape index (κ1) is 18.4. The van der Waals surface area contributed by atoms with E-state index in [9.17, 15) is 14.4 Å². The first-order valence-corrected chi connectivity index (χ1v) is 7.35. The Labute approximate surface area is 120 Å². The smallest absolute Gasteiger partial charge is 0.321 e. The van der Waals surface area contributed by atoms with E-state index in [4.69, 9.17) is 5.11 Å². The summed E-state index contributed by atoms with van der Waals surface area (Å²) in [5.74, 6) is -1.38. The van der Waals surface area contributed by atoms with E-state index >= 15 is 0 Å². The number of hydrogen-bond acceptors (Lipinski definition) is 3. The molecule has 0 aliphatic carbocycles. The van der Waals surface area contributed by atoms with E-state index in [-0.39, 0.29) is 19.3 Å². The van der Waals surface area contributed by atoms with Gasteiger partial charge in [0.2, 0.25) is 5.91 Å². The molecule has 116 valence electrons. The molecule has 20 heavy (non-hydrogen) atoms. The standard InChI is InChI=1S/C14H26N2O4/c1-2-3-4-5-6-7-11-15-14(20)16-12(17)9-8-10-13(18)19/h2-11H2,1H3,(H,18,19)(H2,15,16,17,20). The molecule has 0 rings (SSSR count). The Balaban J connectivity index is 3.43. The highest BCUT2D eigenvalue weighted by Gasteiger charge is 2.07. The number of carboxylic acids is 1. The summed E-state index contributed by atoms with van der Waals surface area (Å²) in [6, 6.07) is -0.501. The first-order chi connectivity index (χ1) is 9.56. The van der Waals surface area contributed by atoms with Gasteiger partial charge < -0.3 is 10.4 Å². The van der Waals surface area contributed by atoms with Crippen molar-refractivity contribution in [1.82, 2.24) is 10.6 Å². The van der Waals surface area contributed by atoms with Crippen LogP contribution in [0.5, 0.6) is 0 Å². The minimum Gasteiger partial charge on any atom is -0.481 e. The van der Waals surface area contributed by atoms with Gasteiger partial charge in [-0.2, -0.15) is 0 Å². The van der Waals surface area contributed by atoms with Gasteiger partial charge in [-0.3, -0.25) is 14.9 Å². The van der Waals surface area contributed by atoms with Gasteiger partial charge in [-0.05, 0) is 12.8 Å². The molecule has 0 fully saturated rings. The third-order valence-electron chi connectivity index (χ3n) is 2.86. The predicted molar refractivity (Wildman–Crippen MR) is 76.4 cm³/mol. The fourth-order valence-corrected chi connectivity index (χ4v) is 1.74. The van der Waals surface area contributed by atoms with Crippen molar-refractivity contribution in [2.45, 2.75) is 64.7 Å². The highest BCUT2D eigenvalue weighted by molar-refractivity contribution is 5.94. The van der Waals surface area contributed by atoms with Crippen LogP contribution in [-0.2, 0) is 9.59 Å². The second kappa shape index (κ2) is 12.4. The highest BCUT2D eigenvalue weighted by atomic mass is 16.4. The van der Waals surface area contributed by atoms with Crippen LogP contribution in [0, 0.1) is 0 Å². The second-order valence-corrected chi connectivity index (χ2v) is 4.82. The fraction of sp³-hybridized carbons (Fsp3) is 0.786. The van der Waals surface area contributed by atoms with Crippen molar-refractivity contribution in [2.75, 3.05) is 6.54 Å². The van der Waals surface area contributed by atoms with Crippen molar-refractivity contribution in [3.05, 3.63) is 0 Å². The molecule has 0 aromatic carbocycles. The number of carbonyl (C=O) groups excluding carboxylic acids is 2. The normalized spacial score (nSPS) is 10.1. The Kier molecular flexibility index (Phi) is 11.5. The van der Waals surface area contributed by atoms with E-state index in [1.807, 2.05) is 0 Å². The third kappa shape index (κ3) is 12.9. The lowest BCUT2D eigenvalue weighted by molar-refractivity contribution is -0.137. The average Bonchev–Trinajstić information content (AvgIpc) is 2.37. The molecule has 6 heteroatoms. The maximum Gasteiger partial charge on any atom is 0.321 e. The maximum atomic E-state index is 11.3. The van der Waals surface area contributed by atoms with Gasteiger partial charge in [0, 0.05) is 19.4 Å². The number of urea groups is 1. The van der Waals surface area contributed by atoms with Crippen LogP contribution in [0.2, 0.25) is 0 Å². The molecule has 0 saturated heterocycles. The lowest BCUT2D eigenvalue weighted by Crippen LogP contribution is -2.39. The maximum absolute atomic E-state index is 11.3. The molecule has 3 amide bonds. The van der Waals surface area contributed by atoms with Crippen LogP contribution < -0.4 is 10.6 Å². The summed E-state index contributed by atoms with van der Waals surface area (Å²) in [6.45, 7) is 2.72. The van der Waals surface area contributed by atoms with Crippen LogP contribution in [-0.4, -0.2) is 29.6 Å². The van der Waals surface area contributed by atoms with Gasteiger partial charge in [-0.15, -0.1) is 0 Å². The van der Waals surface area contributed by atoms with Crippen LogP contribution in [0.15, 0.2) is 0 Å². The van der Waals surface area contributed by atoms with Crippen molar-refractivity contribution in [3.63, 3.8) is 0 Å². The number of rotatable bonds is 11. The summed E-state index contributed by atoms with van der Waals surface area (Å²) < 4.78 is 0. The fourth-order valence-electron chi connectivity index (χ4n) is 1.74. The van der Waals surface area contributed by atoms with E-state index < -0.39 is 17.9 Å². The predicted octanol–water partition coefficient (Wildman–Crippen LogP) is 2.43. The summed E-state index contributed by atoms with van der Waals surface area (Å²) >= 11 is 0. The molecule has 0 saturated carbocycles. The van der Waals surface area contributed by atoms with Crippen molar-refractivity contribution in [2.24, 2.45) is 0 Å². The molecular weight excluding hydrogens is 260 g/mol. The first-order valence-electron chi connectivity index (χ1n) is 7.35. The van der Waals surface area contributed by atoms with Crippen molar-refractivity contribution < 1.29 is 19.5 Å². The quantitative estimate of drug-likeness (QED) is 0.508. The molecule has 0 atom stereocenters. The highest BCUT2D eigenvalue weighted by Crippen LogP contribution is 2.03. The second-order valence-electron chi connectivity index (χ2n) is 4.82. The van der Waals surface area contributed by atoms with Crippen LogP contribution >= 0.6 is 0 Å². The number of carboxylic acid groups (broad SMARTS) is 1. The lowest BCUT2D eigenvalue weighted by Gasteiger charge is -2.06. The van der Waals surface area contributed by atoms with Crippen LogP contribution in [0.3, 0.4) is 0 Å². The van der Waals surface area contributed by atoms with Crippen LogP contribution in [0.1, 0.15) is 64.7 Å². The average molecular weight is 286 g/mol. The van der Waals surface area contributed by atoms with Gasteiger partial charge in [-0.25, -0.2) is 4.79 Å². The molecule has 0 bridgehead atoms. The summed E-state index contributed by atoms with van der Waals surface area (Å²) in [6.07, 6.45) is 7.08. The van der Waals surface area contributed by atoms with Crippen LogP contribution in [0.25, 0.3) is 0 Å². The Morgan fingerprint density at radius 1 is 0.900 bits per heavy atom. The largest absolute Gasteiger partial charge is 0.481 e. The Hall–Kier alpha value is -1.59. The van der Waals surface area contributed by atoms with E-state index in [1.165, 1.54) is 25.7 Å². The van der Waals surface area contributed by atoms with Crippen molar-refractivity contribution >= 4 is 17.9 Å². The zero-order valence-corrected chi connectivity index (χ0v) is 12.2. The molecular formula is C14H26N2O4. The summed E-state index contributed by atoms with van der Waals surface area (Å²) in [5, 5.41) is 13.2. The molecule has 3 N–H and O–H groups in total. The topological polar surface area (TPSA) is 95.5 Å². The molecule has 0 aliphatic heterocycles. The van der Waals surface area contributed by atoms with E-state index in [0.29, 0.717) is 6.54 Å². The SMILES string of the molecule is CCCCCCCCNC(=O)NC(=O)CCCC(=O)O. The van der Waals surface area contributed by atoms with Gasteiger partial charge in [0.15, 0.2) is 0 Å². The Bertz CT molecular complexity index is 306. The van der Waals surface area contributed by atoms with E-state index in [1.54, 1.807) is 0 Å². The van der Waals surface area contributed by atoms with Gasteiger partial charge in [0.1, 0.15) is 0 Å². The minimum absolute atomic E-state index is 0.0523. The van der Waals surface area contributed by atoms with Crippen molar-refractivity contribution in [1.29, 1.82) is 0 Å². The molecule has 6 nitrogen and oxygen atoms in total. The number of unbranched alkanes of at least 4 members (excludes halogenated alkanes) is 5. The number of carbonyl (C=O) groups is 3. The molecule has 0 aliphatic rings. The number of hydrogen-bond donors (Lipinski definition) is 3. The van der Waals surface area contributed by atoms with Gasteiger partial charge in [0.25, 0.3) is 0 Å². The zero-order chi connectivity index (χ0) is 15.2. The number of amides is 3. The molecule has 0 aromatic heterocycles. The van der Waals surface area contributed by atoms with Crippen LogP contribution in [0.4, 0.5) is 4.79 Å². The van der Waals surface area contributed by atoms with E-state index in [2.05, 4.69) is 17.6 Å². The zero-order valence-electron chi connectivity index (χ0n) is 12.2. The summed E-state index contributed by atoms with van der Waals surface area (Å²) in [5.41, 5.74) is 0. The van der Waals surface area contributed by atoms with Crippen molar-refractivity contribution in [3.8, 4) is 0 Å². The summed E-state index contributed by atoms with van der Waals surface area (Å²) in [7, 11) is 0. The number of imide groups is 1. The number of aliphatic carboxylic acids is 1. The number of nitrogens with one attached hydrogen (secondary N) is 2. The van der Waals surface area contributed by atoms with Gasteiger partial charge in [-0.1, -0.05) is 39.0 Å². The Morgan fingerprint density at radius 3 is 2.20 bits per heavy atom. The monoisotopic (exact) mass is 286 g/mol. The van der Waals surface area contributed by atoms with Gasteiger partial charge in [0.05, 0.1) is 0 Å². The van der Waals surface area contributed by atoms with Gasteiger partial charge >= 0.3 is 12.0 Å². The van der Waals surface area contributed by atoms with E-state index in [0.717, 1.165) is 12.8 Å². The molecule has 0 radical (unpaired) electrons. The molecule has 0 unspecified atom stereocenters. The Morgan fingerprint density at radius 2 is 1.55 bits per heavy atom. The minimum atomic E-state index is -0.940.